The molecule has 0 radical (unpaired) electrons. The van der Waals surface area contributed by atoms with Gasteiger partial charge in [-0.3, -0.25) is 14.5 Å². The second-order valence-electron chi connectivity index (χ2n) is 7.03. The first kappa shape index (κ1) is 19.9. The fraction of sp³-hybridized carbons (Fsp3) is 0.364. The number of ether oxygens (including phenoxy) is 1. The number of methoxy groups -OCH3 is 1. The highest BCUT2D eigenvalue weighted by molar-refractivity contribution is 5.88. The van der Waals surface area contributed by atoms with Crippen molar-refractivity contribution in [3.63, 3.8) is 0 Å². The molecule has 1 atom stereocenters. The summed E-state index contributed by atoms with van der Waals surface area (Å²) in [6.45, 7) is 4.49. The predicted octanol–water partition coefficient (Wildman–Crippen LogP) is 2.01. The summed E-state index contributed by atoms with van der Waals surface area (Å²) in [6, 6.07) is 15.2. The van der Waals surface area contributed by atoms with Crippen molar-refractivity contribution < 1.29 is 14.3 Å². The fourth-order valence-corrected chi connectivity index (χ4v) is 3.37. The van der Waals surface area contributed by atoms with Crippen molar-refractivity contribution >= 4 is 11.8 Å². The molecule has 0 bridgehead atoms. The Balaban J connectivity index is 1.59. The molecule has 148 valence electrons. The molecule has 6 nitrogen and oxygen atoms in total. The molecule has 6 heteroatoms. The first-order valence-electron chi connectivity index (χ1n) is 9.52. The molecule has 0 unspecified atom stereocenters. The zero-order chi connectivity index (χ0) is 19.9. The molecular formula is C22H27N3O3. The van der Waals surface area contributed by atoms with Gasteiger partial charge in [-0.2, -0.15) is 0 Å². The molecule has 2 aromatic rings. The van der Waals surface area contributed by atoms with Crippen LogP contribution in [0.15, 0.2) is 48.5 Å². The molecule has 1 saturated heterocycles. The number of carbonyl (C=O) groups excluding carboxylic acids is 2. The summed E-state index contributed by atoms with van der Waals surface area (Å²) in [6.07, 6.45) is 0.147. The molecule has 2 amide bonds. The summed E-state index contributed by atoms with van der Waals surface area (Å²) in [5.41, 5.74) is 3.36. The lowest BCUT2D eigenvalue weighted by atomic mass is 10.0. The van der Waals surface area contributed by atoms with E-state index >= 15 is 0 Å². The van der Waals surface area contributed by atoms with Crippen LogP contribution in [-0.4, -0.2) is 43.0 Å². The third-order valence-electron chi connectivity index (χ3n) is 5.10. The molecule has 0 aliphatic carbocycles. The summed E-state index contributed by atoms with van der Waals surface area (Å²) < 4.78 is 5.14. The molecule has 1 aliphatic heterocycles. The minimum absolute atomic E-state index is 0.0839. The van der Waals surface area contributed by atoms with E-state index in [-0.39, 0.29) is 18.2 Å². The van der Waals surface area contributed by atoms with E-state index in [1.165, 1.54) is 11.1 Å². The van der Waals surface area contributed by atoms with Crippen molar-refractivity contribution in [3.05, 3.63) is 65.2 Å². The SMILES string of the molecule is COc1ccc(CNC(=O)C[C@H]2C(=O)NCCN2Cc2ccccc2C)cc1. The van der Waals surface area contributed by atoms with E-state index in [1.807, 2.05) is 36.4 Å². The molecule has 28 heavy (non-hydrogen) atoms. The first-order chi connectivity index (χ1) is 13.6. The fourth-order valence-electron chi connectivity index (χ4n) is 3.37. The maximum atomic E-state index is 12.5. The Bertz CT molecular complexity index is 820. The third-order valence-corrected chi connectivity index (χ3v) is 5.10. The lowest BCUT2D eigenvalue weighted by molar-refractivity contribution is -0.134. The maximum Gasteiger partial charge on any atom is 0.237 e. The molecule has 0 aromatic heterocycles. The number of nitrogens with zero attached hydrogens (tertiary/aromatic N) is 1. The predicted molar refractivity (Wildman–Crippen MR) is 108 cm³/mol. The van der Waals surface area contributed by atoms with Gasteiger partial charge in [0.05, 0.1) is 19.6 Å². The minimum Gasteiger partial charge on any atom is -0.497 e. The van der Waals surface area contributed by atoms with Gasteiger partial charge in [-0.15, -0.1) is 0 Å². The van der Waals surface area contributed by atoms with Gasteiger partial charge in [-0.1, -0.05) is 36.4 Å². The van der Waals surface area contributed by atoms with Crippen LogP contribution in [0.1, 0.15) is 23.1 Å². The highest BCUT2D eigenvalue weighted by atomic mass is 16.5. The average Bonchev–Trinajstić information content (AvgIpc) is 2.71. The van der Waals surface area contributed by atoms with Crippen LogP contribution >= 0.6 is 0 Å². The Morgan fingerprint density at radius 3 is 2.68 bits per heavy atom. The van der Waals surface area contributed by atoms with E-state index in [9.17, 15) is 9.59 Å². The van der Waals surface area contributed by atoms with Crippen LogP contribution in [-0.2, 0) is 22.7 Å². The van der Waals surface area contributed by atoms with E-state index in [0.717, 1.165) is 17.9 Å². The molecule has 3 rings (SSSR count). The van der Waals surface area contributed by atoms with Gasteiger partial charge in [0, 0.05) is 26.2 Å². The van der Waals surface area contributed by atoms with E-state index in [2.05, 4.69) is 34.6 Å². The van der Waals surface area contributed by atoms with Gasteiger partial charge in [0.1, 0.15) is 5.75 Å². The number of hydrogen-bond donors (Lipinski definition) is 2. The molecular weight excluding hydrogens is 354 g/mol. The molecule has 1 aliphatic rings. The molecule has 0 spiro atoms. The van der Waals surface area contributed by atoms with Gasteiger partial charge in [0.2, 0.25) is 11.8 Å². The topological polar surface area (TPSA) is 70.7 Å². The van der Waals surface area contributed by atoms with Gasteiger partial charge < -0.3 is 15.4 Å². The normalized spacial score (nSPS) is 17.1. The van der Waals surface area contributed by atoms with E-state index < -0.39 is 6.04 Å². The van der Waals surface area contributed by atoms with Crippen LogP contribution in [0, 0.1) is 6.92 Å². The highest BCUT2D eigenvalue weighted by Crippen LogP contribution is 2.17. The van der Waals surface area contributed by atoms with Crippen LogP contribution in [0.25, 0.3) is 0 Å². The quantitative estimate of drug-likeness (QED) is 0.770. The van der Waals surface area contributed by atoms with Crippen molar-refractivity contribution in [2.24, 2.45) is 0 Å². The number of carbonyl (C=O) groups is 2. The monoisotopic (exact) mass is 381 g/mol. The number of nitrogens with one attached hydrogen (secondary N) is 2. The van der Waals surface area contributed by atoms with Gasteiger partial charge in [0.15, 0.2) is 0 Å². The van der Waals surface area contributed by atoms with Gasteiger partial charge >= 0.3 is 0 Å². The van der Waals surface area contributed by atoms with Crippen LogP contribution < -0.4 is 15.4 Å². The van der Waals surface area contributed by atoms with Crippen molar-refractivity contribution in [3.8, 4) is 5.75 Å². The zero-order valence-electron chi connectivity index (χ0n) is 16.4. The van der Waals surface area contributed by atoms with Crippen LogP contribution in [0.2, 0.25) is 0 Å². The summed E-state index contributed by atoms with van der Waals surface area (Å²) in [7, 11) is 1.62. The maximum absolute atomic E-state index is 12.5. The Morgan fingerprint density at radius 2 is 1.96 bits per heavy atom. The first-order valence-corrected chi connectivity index (χ1v) is 9.52. The van der Waals surface area contributed by atoms with Crippen molar-refractivity contribution in [1.82, 2.24) is 15.5 Å². The molecule has 1 fully saturated rings. The average molecular weight is 381 g/mol. The Hall–Kier alpha value is -2.86. The summed E-state index contributed by atoms with van der Waals surface area (Å²) in [5.74, 6) is 0.563. The van der Waals surface area contributed by atoms with Crippen molar-refractivity contribution in [2.75, 3.05) is 20.2 Å². The Kier molecular flexibility index (Phi) is 6.66. The molecule has 1 heterocycles. The van der Waals surface area contributed by atoms with Crippen LogP contribution in [0.4, 0.5) is 0 Å². The number of hydrogen-bond acceptors (Lipinski definition) is 4. The van der Waals surface area contributed by atoms with Gasteiger partial charge in [-0.25, -0.2) is 0 Å². The standard InChI is InChI=1S/C22H27N3O3/c1-16-5-3-4-6-18(16)15-25-12-11-23-22(27)20(25)13-21(26)24-14-17-7-9-19(28-2)10-8-17/h3-10,20H,11-15H2,1-2H3,(H,23,27)(H,24,26)/t20-/m0/s1. The van der Waals surface area contributed by atoms with E-state index in [4.69, 9.17) is 4.74 Å². The number of aryl methyl sites for hydroxylation is 1. The largest absolute Gasteiger partial charge is 0.497 e. The van der Waals surface area contributed by atoms with Crippen LogP contribution in [0.3, 0.4) is 0 Å². The zero-order valence-corrected chi connectivity index (χ0v) is 16.4. The smallest absolute Gasteiger partial charge is 0.237 e. The Morgan fingerprint density at radius 1 is 1.21 bits per heavy atom. The minimum atomic E-state index is -0.454. The molecule has 2 aromatic carbocycles. The Labute approximate surface area is 165 Å². The van der Waals surface area contributed by atoms with Gasteiger partial charge in [-0.05, 0) is 35.7 Å². The summed E-state index contributed by atoms with van der Waals surface area (Å²) in [4.78, 5) is 27.0. The number of benzene rings is 2. The summed E-state index contributed by atoms with van der Waals surface area (Å²) in [5, 5.41) is 5.79. The van der Waals surface area contributed by atoms with Crippen molar-refractivity contribution in [2.45, 2.75) is 32.5 Å². The van der Waals surface area contributed by atoms with E-state index in [0.29, 0.717) is 19.6 Å². The number of amides is 2. The lowest BCUT2D eigenvalue weighted by Crippen LogP contribution is -2.56. The second-order valence-corrected chi connectivity index (χ2v) is 7.03. The van der Waals surface area contributed by atoms with E-state index in [1.54, 1.807) is 7.11 Å². The summed E-state index contributed by atoms with van der Waals surface area (Å²) >= 11 is 0. The highest BCUT2D eigenvalue weighted by Gasteiger charge is 2.31. The molecule has 0 saturated carbocycles. The second kappa shape index (κ2) is 9.37. The third kappa shape index (κ3) is 5.10. The van der Waals surface area contributed by atoms with Gasteiger partial charge in [0.25, 0.3) is 0 Å². The van der Waals surface area contributed by atoms with Crippen molar-refractivity contribution in [1.29, 1.82) is 0 Å². The van der Waals surface area contributed by atoms with Crippen LogP contribution in [0.5, 0.6) is 5.75 Å². The molecule has 2 N–H and O–H groups in total. The number of rotatable bonds is 7. The number of piperazine rings is 1. The lowest BCUT2D eigenvalue weighted by Gasteiger charge is -2.35.